The van der Waals surface area contributed by atoms with Crippen molar-refractivity contribution in [2.24, 2.45) is 0 Å². The van der Waals surface area contributed by atoms with Crippen LogP contribution >= 0.6 is 0 Å². The van der Waals surface area contributed by atoms with Crippen molar-refractivity contribution in [2.75, 3.05) is 59.4 Å². The van der Waals surface area contributed by atoms with E-state index in [9.17, 15) is 9.59 Å². The lowest BCUT2D eigenvalue weighted by Crippen LogP contribution is -2.57. The van der Waals surface area contributed by atoms with Crippen LogP contribution in [-0.4, -0.2) is 96.7 Å². The van der Waals surface area contributed by atoms with Crippen molar-refractivity contribution in [1.82, 2.24) is 19.6 Å². The molecule has 2 heterocycles. The number of hydrogen-bond acceptors (Lipinski definition) is 4. The van der Waals surface area contributed by atoms with E-state index in [4.69, 9.17) is 4.74 Å². The normalized spacial score (nSPS) is 21.0. The first-order valence-corrected chi connectivity index (χ1v) is 7.96. The van der Waals surface area contributed by atoms with Crippen LogP contribution in [0, 0.1) is 0 Å². The van der Waals surface area contributed by atoms with Crippen LogP contribution in [0.4, 0.5) is 9.59 Å². The average molecular weight is 312 g/mol. The van der Waals surface area contributed by atoms with Gasteiger partial charge in [0, 0.05) is 52.4 Å². The molecule has 2 fully saturated rings. The summed E-state index contributed by atoms with van der Waals surface area (Å²) in [6, 6.07) is 0.0944. The van der Waals surface area contributed by atoms with Crippen LogP contribution in [0.25, 0.3) is 0 Å². The maximum atomic E-state index is 12.5. The zero-order chi connectivity index (χ0) is 16.3. The number of hydrogen-bond donors (Lipinski definition) is 0. The van der Waals surface area contributed by atoms with Gasteiger partial charge in [0.15, 0.2) is 0 Å². The number of likely N-dealkylation sites (N-methyl/N-ethyl adjacent to an activating group) is 1. The Labute approximate surface area is 132 Å². The largest absolute Gasteiger partial charge is 0.444 e. The minimum absolute atomic E-state index is 0.0944. The van der Waals surface area contributed by atoms with Gasteiger partial charge in [0.2, 0.25) is 0 Å². The highest BCUT2D eigenvalue weighted by Gasteiger charge is 2.30. The summed E-state index contributed by atoms with van der Waals surface area (Å²) in [6.07, 6.45) is -0.292. The number of carbonyl (C=O) groups excluding carboxylic acids is 2. The predicted octanol–water partition coefficient (Wildman–Crippen LogP) is 0.907. The number of amides is 3. The fourth-order valence-corrected chi connectivity index (χ4v) is 2.60. The molecule has 0 aromatic rings. The van der Waals surface area contributed by atoms with Crippen LogP contribution in [0.1, 0.15) is 20.8 Å². The van der Waals surface area contributed by atoms with Gasteiger partial charge in [-0.2, -0.15) is 0 Å². The van der Waals surface area contributed by atoms with Crippen LogP contribution in [-0.2, 0) is 4.74 Å². The maximum Gasteiger partial charge on any atom is 0.410 e. The molecule has 0 aliphatic carbocycles. The number of piperazine rings is 2. The van der Waals surface area contributed by atoms with E-state index in [1.807, 2.05) is 30.6 Å². The number of nitrogens with zero attached hydrogens (tertiary/aromatic N) is 4. The summed E-state index contributed by atoms with van der Waals surface area (Å²) < 4.78 is 5.37. The summed E-state index contributed by atoms with van der Waals surface area (Å²) in [7, 11) is 2.07. The lowest BCUT2D eigenvalue weighted by Gasteiger charge is -2.40. The first kappa shape index (κ1) is 16.9. The second-order valence-corrected chi connectivity index (χ2v) is 7.03. The van der Waals surface area contributed by atoms with E-state index in [0.717, 1.165) is 26.2 Å². The molecule has 3 amide bonds. The first-order valence-electron chi connectivity index (χ1n) is 7.96. The number of rotatable bonds is 0. The van der Waals surface area contributed by atoms with Crippen molar-refractivity contribution in [3.05, 3.63) is 0 Å². The van der Waals surface area contributed by atoms with Gasteiger partial charge >= 0.3 is 12.1 Å². The van der Waals surface area contributed by atoms with Crippen molar-refractivity contribution in [2.45, 2.75) is 26.4 Å². The molecule has 0 unspecified atom stereocenters. The van der Waals surface area contributed by atoms with Crippen LogP contribution < -0.4 is 0 Å². The molecule has 7 nitrogen and oxygen atoms in total. The highest BCUT2D eigenvalue weighted by Crippen LogP contribution is 2.13. The van der Waals surface area contributed by atoms with Crippen molar-refractivity contribution in [3.63, 3.8) is 0 Å². The molecule has 2 aliphatic rings. The fourth-order valence-electron chi connectivity index (χ4n) is 2.60. The van der Waals surface area contributed by atoms with Crippen LogP contribution in [0.15, 0.2) is 0 Å². The fraction of sp³-hybridized carbons (Fsp3) is 0.867. The lowest BCUT2D eigenvalue weighted by molar-refractivity contribution is 0.0152. The smallest absolute Gasteiger partial charge is 0.410 e. The summed E-state index contributed by atoms with van der Waals surface area (Å²) in [5.41, 5.74) is -0.482. The van der Waals surface area contributed by atoms with Crippen LogP contribution in [0.3, 0.4) is 0 Å². The summed E-state index contributed by atoms with van der Waals surface area (Å²) in [5.74, 6) is 0. The Balaban J connectivity index is 1.79. The predicted molar refractivity (Wildman–Crippen MR) is 83.8 cm³/mol. The number of ether oxygens (including phenoxy) is 1. The maximum absolute atomic E-state index is 12.5. The van der Waals surface area contributed by atoms with Crippen LogP contribution in [0.5, 0.6) is 0 Å². The molecule has 0 aromatic carbocycles. The monoisotopic (exact) mass is 312 g/mol. The second-order valence-electron chi connectivity index (χ2n) is 7.03. The molecule has 0 saturated carbocycles. The molecular formula is C15H28N4O3. The third-order valence-corrected chi connectivity index (χ3v) is 3.98. The molecule has 0 bridgehead atoms. The summed E-state index contributed by atoms with van der Waals surface area (Å²) in [6.45, 7) is 11.2. The Kier molecular flexibility index (Phi) is 5.16. The van der Waals surface area contributed by atoms with E-state index in [0.29, 0.717) is 26.2 Å². The highest BCUT2D eigenvalue weighted by atomic mass is 16.6. The quantitative estimate of drug-likeness (QED) is 0.667. The van der Waals surface area contributed by atoms with Crippen molar-refractivity contribution in [1.29, 1.82) is 0 Å². The van der Waals surface area contributed by atoms with Gasteiger partial charge in [-0.05, 0) is 27.8 Å². The van der Waals surface area contributed by atoms with Gasteiger partial charge in [-0.3, -0.25) is 0 Å². The SMILES string of the molecule is CN1CCN(C(=O)N2CCN(C(=O)OC(C)(C)C)CC2)CC1. The molecule has 2 rings (SSSR count). The van der Waals surface area contributed by atoms with E-state index in [-0.39, 0.29) is 12.1 Å². The molecule has 22 heavy (non-hydrogen) atoms. The molecule has 0 spiro atoms. The highest BCUT2D eigenvalue weighted by molar-refractivity contribution is 5.75. The Bertz CT molecular complexity index is 406. The minimum Gasteiger partial charge on any atom is -0.444 e. The van der Waals surface area contributed by atoms with Gasteiger partial charge in [0.1, 0.15) is 5.60 Å². The molecular weight excluding hydrogens is 284 g/mol. The standard InChI is InChI=1S/C15H28N4O3/c1-15(2,3)22-14(21)19-11-9-18(10-12-19)13(20)17-7-5-16(4)6-8-17/h5-12H2,1-4H3. The number of carbonyl (C=O) groups is 2. The average Bonchev–Trinajstić information content (AvgIpc) is 2.46. The van der Waals surface area contributed by atoms with Gasteiger partial charge in [-0.1, -0.05) is 0 Å². The topological polar surface area (TPSA) is 56.3 Å². The van der Waals surface area contributed by atoms with E-state index in [2.05, 4.69) is 11.9 Å². The molecule has 0 radical (unpaired) electrons. The Morgan fingerprint density at radius 2 is 1.18 bits per heavy atom. The first-order chi connectivity index (χ1) is 10.3. The molecule has 126 valence electrons. The van der Waals surface area contributed by atoms with Crippen LogP contribution in [0.2, 0.25) is 0 Å². The molecule has 0 atom stereocenters. The lowest BCUT2D eigenvalue weighted by atomic mass is 10.2. The number of urea groups is 1. The third kappa shape index (κ3) is 4.50. The van der Waals surface area contributed by atoms with Crippen molar-refractivity contribution < 1.29 is 14.3 Å². The zero-order valence-corrected chi connectivity index (χ0v) is 14.2. The van der Waals surface area contributed by atoms with E-state index < -0.39 is 5.60 Å². The third-order valence-electron chi connectivity index (χ3n) is 3.98. The zero-order valence-electron chi connectivity index (χ0n) is 14.2. The molecule has 7 heteroatoms. The van der Waals surface area contributed by atoms with E-state index in [1.54, 1.807) is 4.90 Å². The van der Waals surface area contributed by atoms with Gasteiger partial charge in [-0.25, -0.2) is 9.59 Å². The molecule has 0 aromatic heterocycles. The molecule has 2 saturated heterocycles. The Morgan fingerprint density at radius 3 is 1.64 bits per heavy atom. The van der Waals surface area contributed by atoms with Gasteiger partial charge in [0.05, 0.1) is 0 Å². The molecule has 2 aliphatic heterocycles. The van der Waals surface area contributed by atoms with Gasteiger partial charge in [-0.15, -0.1) is 0 Å². The van der Waals surface area contributed by atoms with E-state index in [1.165, 1.54) is 0 Å². The Morgan fingerprint density at radius 1 is 0.773 bits per heavy atom. The van der Waals surface area contributed by atoms with Crippen molar-refractivity contribution >= 4 is 12.1 Å². The summed E-state index contributed by atoms with van der Waals surface area (Å²) >= 11 is 0. The van der Waals surface area contributed by atoms with Gasteiger partial charge < -0.3 is 24.3 Å². The minimum atomic E-state index is -0.482. The van der Waals surface area contributed by atoms with Gasteiger partial charge in [0.25, 0.3) is 0 Å². The van der Waals surface area contributed by atoms with Crippen molar-refractivity contribution in [3.8, 4) is 0 Å². The second kappa shape index (κ2) is 6.73. The summed E-state index contributed by atoms with van der Waals surface area (Å²) in [4.78, 5) is 32.1. The van der Waals surface area contributed by atoms with E-state index >= 15 is 0 Å². The summed E-state index contributed by atoms with van der Waals surface area (Å²) in [5, 5.41) is 0. The molecule has 0 N–H and O–H groups in total. The Hall–Kier alpha value is -1.50.